The standard InChI is InChI=1S/C23H24F4N2O4S/c1-13(30)10-17-12-19(22(31)28-16-5-7-18(8-6-16)34(3,32)33)14(2)29(17)21-9-4-15(24)11-20(21)23(25,26)27/h4-9,11-14,19,30H,10H2,1-3H3,(H,28,31)/t13-,14?,19?/m0/s1. The van der Waals surface area contributed by atoms with Gasteiger partial charge in [-0.1, -0.05) is 6.08 Å². The molecule has 0 aliphatic carbocycles. The number of aliphatic hydroxyl groups is 1. The summed E-state index contributed by atoms with van der Waals surface area (Å²) in [6.45, 7) is 3.03. The van der Waals surface area contributed by atoms with Gasteiger partial charge in [0.2, 0.25) is 5.91 Å². The summed E-state index contributed by atoms with van der Waals surface area (Å²) in [6, 6.07) is 7.02. The monoisotopic (exact) mass is 500 g/mol. The number of benzene rings is 2. The molecular weight excluding hydrogens is 476 g/mol. The van der Waals surface area contributed by atoms with Crippen LogP contribution in [0.5, 0.6) is 0 Å². The first-order chi connectivity index (χ1) is 15.7. The van der Waals surface area contributed by atoms with Crippen LogP contribution in [0.3, 0.4) is 0 Å². The normalized spacial score (nSPS) is 19.6. The van der Waals surface area contributed by atoms with Crippen molar-refractivity contribution in [2.24, 2.45) is 5.92 Å². The molecule has 11 heteroatoms. The summed E-state index contributed by atoms with van der Waals surface area (Å²) >= 11 is 0. The van der Waals surface area contributed by atoms with Gasteiger partial charge in [-0.2, -0.15) is 13.2 Å². The first-order valence-corrected chi connectivity index (χ1v) is 12.2. The Morgan fingerprint density at radius 3 is 2.32 bits per heavy atom. The van der Waals surface area contributed by atoms with Gasteiger partial charge in [-0.15, -0.1) is 0 Å². The number of alkyl halides is 3. The fourth-order valence-corrected chi connectivity index (χ4v) is 4.57. The molecule has 0 spiro atoms. The van der Waals surface area contributed by atoms with Gasteiger partial charge in [0.05, 0.1) is 28.2 Å². The highest BCUT2D eigenvalue weighted by Gasteiger charge is 2.42. The fraction of sp³-hybridized carbons (Fsp3) is 0.348. The highest BCUT2D eigenvalue weighted by Crippen LogP contribution is 2.43. The largest absolute Gasteiger partial charge is 0.418 e. The lowest BCUT2D eigenvalue weighted by molar-refractivity contribution is -0.137. The van der Waals surface area contributed by atoms with Gasteiger partial charge in [-0.25, -0.2) is 12.8 Å². The number of hydrogen-bond donors (Lipinski definition) is 2. The van der Waals surface area contributed by atoms with E-state index in [1.54, 1.807) is 6.92 Å². The number of rotatable bonds is 6. The van der Waals surface area contributed by atoms with E-state index in [0.29, 0.717) is 17.5 Å². The fourth-order valence-electron chi connectivity index (χ4n) is 3.94. The van der Waals surface area contributed by atoms with Crippen molar-refractivity contribution in [1.29, 1.82) is 0 Å². The van der Waals surface area contributed by atoms with E-state index in [1.165, 1.54) is 42.2 Å². The number of sulfone groups is 1. The highest BCUT2D eigenvalue weighted by molar-refractivity contribution is 7.90. The second kappa shape index (κ2) is 9.38. The number of aliphatic hydroxyl groups excluding tert-OH is 1. The van der Waals surface area contributed by atoms with Crippen LogP contribution in [0.1, 0.15) is 25.8 Å². The molecule has 0 radical (unpaired) electrons. The molecule has 0 fully saturated rings. The average molecular weight is 501 g/mol. The average Bonchev–Trinajstić information content (AvgIpc) is 3.02. The molecular formula is C23H24F4N2O4S. The number of hydrogen-bond acceptors (Lipinski definition) is 5. The van der Waals surface area contributed by atoms with E-state index in [1.807, 2.05) is 0 Å². The molecule has 2 aromatic carbocycles. The van der Waals surface area contributed by atoms with Crippen molar-refractivity contribution in [2.45, 2.75) is 43.5 Å². The van der Waals surface area contributed by atoms with E-state index in [-0.39, 0.29) is 17.0 Å². The summed E-state index contributed by atoms with van der Waals surface area (Å²) in [5.74, 6) is -2.47. The zero-order valence-corrected chi connectivity index (χ0v) is 19.4. The third kappa shape index (κ3) is 5.58. The number of carbonyl (C=O) groups excluding carboxylic acids is 1. The number of halogens is 4. The Morgan fingerprint density at radius 2 is 1.79 bits per heavy atom. The third-order valence-electron chi connectivity index (χ3n) is 5.49. The zero-order chi connectivity index (χ0) is 25.4. The summed E-state index contributed by atoms with van der Waals surface area (Å²) in [4.78, 5) is 14.4. The summed E-state index contributed by atoms with van der Waals surface area (Å²) in [5, 5.41) is 12.5. The van der Waals surface area contributed by atoms with Gasteiger partial charge < -0.3 is 15.3 Å². The predicted octanol–water partition coefficient (Wildman–Crippen LogP) is 4.37. The second-order valence-electron chi connectivity index (χ2n) is 8.29. The molecule has 1 aliphatic rings. The summed E-state index contributed by atoms with van der Waals surface area (Å²) < 4.78 is 77.9. The first kappa shape index (κ1) is 25.7. The van der Waals surface area contributed by atoms with Crippen molar-refractivity contribution in [3.63, 3.8) is 0 Å². The maximum Gasteiger partial charge on any atom is 0.418 e. The topological polar surface area (TPSA) is 86.7 Å². The summed E-state index contributed by atoms with van der Waals surface area (Å²) in [5.41, 5.74) is -0.896. The van der Waals surface area contributed by atoms with Crippen LogP contribution in [0, 0.1) is 11.7 Å². The summed E-state index contributed by atoms with van der Waals surface area (Å²) in [7, 11) is -3.42. The van der Waals surface area contributed by atoms with Crippen molar-refractivity contribution >= 4 is 27.1 Å². The molecule has 0 bridgehead atoms. The second-order valence-corrected chi connectivity index (χ2v) is 10.3. The van der Waals surface area contributed by atoms with Crippen LogP contribution in [0.2, 0.25) is 0 Å². The highest BCUT2D eigenvalue weighted by atomic mass is 32.2. The van der Waals surface area contributed by atoms with E-state index in [4.69, 9.17) is 0 Å². The molecule has 2 N–H and O–H groups in total. The Labute approximate surface area is 194 Å². The molecule has 0 aromatic heterocycles. The van der Waals surface area contributed by atoms with E-state index in [9.17, 15) is 35.9 Å². The zero-order valence-electron chi connectivity index (χ0n) is 18.6. The minimum Gasteiger partial charge on any atom is -0.393 e. The molecule has 2 unspecified atom stereocenters. The van der Waals surface area contributed by atoms with Crippen LogP contribution in [-0.2, 0) is 20.8 Å². The SMILES string of the molecule is CC1C(C(=O)Nc2ccc(S(C)(=O)=O)cc2)C=C(C[C@H](C)O)N1c1ccc(F)cc1C(F)(F)F. The van der Waals surface area contributed by atoms with Crippen LogP contribution < -0.4 is 10.2 Å². The third-order valence-corrected chi connectivity index (χ3v) is 6.62. The van der Waals surface area contributed by atoms with Gasteiger partial charge >= 0.3 is 6.18 Å². The lowest BCUT2D eigenvalue weighted by Gasteiger charge is -2.32. The first-order valence-electron chi connectivity index (χ1n) is 10.3. The van der Waals surface area contributed by atoms with Crippen LogP contribution in [-0.4, -0.2) is 37.8 Å². The maximum atomic E-state index is 13.7. The van der Waals surface area contributed by atoms with Gasteiger partial charge in [-0.3, -0.25) is 4.79 Å². The molecule has 0 saturated carbocycles. The minimum atomic E-state index is -4.84. The Hall–Kier alpha value is -2.92. The van der Waals surface area contributed by atoms with E-state index < -0.39 is 51.4 Å². The van der Waals surface area contributed by atoms with Gasteiger partial charge in [0.25, 0.3) is 0 Å². The quantitative estimate of drug-likeness (QED) is 0.576. The molecule has 0 saturated heterocycles. The molecule has 1 amide bonds. The van der Waals surface area contributed by atoms with E-state index in [0.717, 1.165) is 18.4 Å². The van der Waals surface area contributed by atoms with Crippen molar-refractivity contribution < 1.29 is 35.9 Å². The molecule has 1 heterocycles. The Bertz CT molecular complexity index is 1210. The van der Waals surface area contributed by atoms with Crippen LogP contribution in [0.4, 0.5) is 28.9 Å². The molecule has 3 rings (SSSR count). The van der Waals surface area contributed by atoms with Crippen LogP contribution >= 0.6 is 0 Å². The number of nitrogens with one attached hydrogen (secondary N) is 1. The Kier molecular flexibility index (Phi) is 7.09. The summed E-state index contributed by atoms with van der Waals surface area (Å²) in [6.07, 6.45) is -3.22. The van der Waals surface area contributed by atoms with E-state index in [2.05, 4.69) is 5.32 Å². The Morgan fingerprint density at radius 1 is 1.18 bits per heavy atom. The Balaban J connectivity index is 1.94. The van der Waals surface area contributed by atoms with Crippen molar-refractivity contribution in [1.82, 2.24) is 0 Å². The van der Waals surface area contributed by atoms with Gasteiger partial charge in [-0.05, 0) is 56.3 Å². The number of carbonyl (C=O) groups is 1. The molecule has 184 valence electrons. The number of amides is 1. The van der Waals surface area contributed by atoms with Crippen LogP contribution in [0.25, 0.3) is 0 Å². The molecule has 6 nitrogen and oxygen atoms in total. The number of nitrogens with zero attached hydrogens (tertiary/aromatic N) is 1. The number of anilines is 2. The van der Waals surface area contributed by atoms with Crippen molar-refractivity contribution in [2.75, 3.05) is 16.5 Å². The lowest BCUT2D eigenvalue weighted by atomic mass is 10.0. The minimum absolute atomic E-state index is 0.0220. The predicted molar refractivity (Wildman–Crippen MR) is 119 cm³/mol. The van der Waals surface area contributed by atoms with Crippen molar-refractivity contribution in [3.05, 3.63) is 65.6 Å². The molecule has 1 aliphatic heterocycles. The van der Waals surface area contributed by atoms with Gasteiger partial charge in [0.1, 0.15) is 5.82 Å². The maximum absolute atomic E-state index is 13.7. The smallest absolute Gasteiger partial charge is 0.393 e. The van der Waals surface area contributed by atoms with Gasteiger partial charge in [0.15, 0.2) is 9.84 Å². The molecule has 3 atom stereocenters. The van der Waals surface area contributed by atoms with Crippen LogP contribution in [0.15, 0.2) is 59.1 Å². The van der Waals surface area contributed by atoms with Crippen molar-refractivity contribution in [3.8, 4) is 0 Å². The molecule has 2 aromatic rings. The molecule has 34 heavy (non-hydrogen) atoms. The lowest BCUT2D eigenvalue weighted by Crippen LogP contribution is -2.38. The van der Waals surface area contributed by atoms with E-state index >= 15 is 0 Å². The van der Waals surface area contributed by atoms with Gasteiger partial charge in [0, 0.05) is 30.1 Å².